The minimum Gasteiger partial charge on any atom is -0.475 e. The number of aromatic nitrogens is 6. The molecule has 0 saturated carbocycles. The molecule has 4 heterocycles. The number of halogens is 2. The van der Waals surface area contributed by atoms with E-state index in [9.17, 15) is 14.4 Å². The van der Waals surface area contributed by atoms with E-state index in [0.29, 0.717) is 71.2 Å². The second-order valence-electron chi connectivity index (χ2n) is 18.2. The van der Waals surface area contributed by atoms with Crippen LogP contribution in [0.15, 0.2) is 84.9 Å². The predicted octanol–water partition coefficient (Wildman–Crippen LogP) is 6.60. The number of fused-ring (bicyclic) bond motifs is 2. The van der Waals surface area contributed by atoms with Crippen molar-refractivity contribution in [2.24, 2.45) is 5.73 Å². The van der Waals surface area contributed by atoms with Crippen LogP contribution in [0.25, 0.3) is 11.3 Å². The van der Waals surface area contributed by atoms with Crippen LogP contribution in [0.2, 0.25) is 10.0 Å². The molecular weight excluding hydrogens is 960 g/mol. The highest BCUT2D eigenvalue weighted by atomic mass is 35.5. The summed E-state index contributed by atoms with van der Waals surface area (Å²) in [5, 5.41) is 26.3. The van der Waals surface area contributed by atoms with E-state index in [1.807, 2.05) is 60.7 Å². The van der Waals surface area contributed by atoms with Gasteiger partial charge >= 0.3 is 6.09 Å². The Bertz CT molecular complexity index is 2660. The minimum atomic E-state index is -1.32. The number of nitrogens with two attached hydrogens (primary N) is 1. The smallest absolute Gasteiger partial charge is 0.408 e. The van der Waals surface area contributed by atoms with Gasteiger partial charge in [-0.05, 0) is 83.9 Å². The van der Waals surface area contributed by atoms with Crippen molar-refractivity contribution in [3.05, 3.63) is 118 Å². The molecule has 0 radical (unpaired) electrons. The summed E-state index contributed by atoms with van der Waals surface area (Å²) < 4.78 is 42.4. The van der Waals surface area contributed by atoms with E-state index in [1.165, 1.54) is 0 Å². The predicted molar refractivity (Wildman–Crippen MR) is 266 cm³/mol. The lowest BCUT2D eigenvalue weighted by molar-refractivity contribution is -0.128. The van der Waals surface area contributed by atoms with Crippen molar-refractivity contribution in [3.8, 4) is 11.8 Å². The Balaban J connectivity index is 0.000000269. The van der Waals surface area contributed by atoms with Crippen LogP contribution in [0, 0.1) is 0 Å². The number of hydrogen-bond acceptors (Lipinski definition) is 15. The summed E-state index contributed by atoms with van der Waals surface area (Å²) in [5.74, 6) is 0.582. The number of methoxy groups -OCH3 is 2. The van der Waals surface area contributed by atoms with Crippen LogP contribution in [-0.2, 0) is 46.5 Å². The number of benzene rings is 2. The molecule has 6 rings (SSSR count). The SMILES string of the molecule is COCCOc1c(Cl)ccc2nnc([C@@H](COCc3ccccc3)NC(=O)C(C)(C)N)n12.COCCOc1c(Cl)ccc2nnc([C@@H](COCc3ccccc3)NC(=O)C(C)(C)NC(=O)OC(C)(C)C)n12. The maximum Gasteiger partial charge on any atom is 0.408 e. The van der Waals surface area contributed by atoms with Crippen molar-refractivity contribution in [1.82, 2.24) is 45.1 Å². The highest BCUT2D eigenvalue weighted by Gasteiger charge is 2.35. The Morgan fingerprint density at radius 1 is 0.606 bits per heavy atom. The number of carbonyl (C=O) groups is 3. The van der Waals surface area contributed by atoms with Crippen LogP contribution < -0.4 is 31.2 Å². The number of alkyl carbamates (subject to hydrolysis) is 1. The molecule has 0 unspecified atom stereocenters. The van der Waals surface area contributed by atoms with Crippen LogP contribution >= 0.6 is 23.2 Å². The summed E-state index contributed by atoms with van der Waals surface area (Å²) in [6.07, 6.45) is -0.715. The fourth-order valence-electron chi connectivity index (χ4n) is 6.46. The third-order valence-corrected chi connectivity index (χ3v) is 10.6. The van der Waals surface area contributed by atoms with Crippen molar-refractivity contribution in [3.63, 3.8) is 0 Å². The van der Waals surface area contributed by atoms with E-state index in [2.05, 4.69) is 36.3 Å². The third kappa shape index (κ3) is 16.5. The van der Waals surface area contributed by atoms with Gasteiger partial charge in [-0.1, -0.05) is 83.9 Å². The number of nitrogens with zero attached hydrogens (tertiary/aromatic N) is 6. The molecule has 2 aromatic carbocycles. The molecule has 384 valence electrons. The molecule has 0 saturated heterocycles. The maximum atomic E-state index is 13.4. The van der Waals surface area contributed by atoms with Crippen LogP contribution in [0.1, 0.15) is 83.3 Å². The largest absolute Gasteiger partial charge is 0.475 e. The van der Waals surface area contributed by atoms with E-state index in [-0.39, 0.29) is 32.3 Å². The number of ether oxygens (including phenoxy) is 7. The molecule has 0 spiro atoms. The number of amides is 3. The monoisotopic (exact) mass is 1020 g/mol. The summed E-state index contributed by atoms with van der Waals surface area (Å²) in [4.78, 5) is 38.5. The summed E-state index contributed by atoms with van der Waals surface area (Å²) in [6, 6.07) is 24.7. The van der Waals surface area contributed by atoms with Gasteiger partial charge in [0.15, 0.2) is 22.9 Å². The first-order valence-electron chi connectivity index (χ1n) is 22.7. The van der Waals surface area contributed by atoms with Crippen LogP contribution in [0.4, 0.5) is 4.79 Å². The molecular formula is C49H64Cl2N10O10. The van der Waals surface area contributed by atoms with Gasteiger partial charge < -0.3 is 54.8 Å². The van der Waals surface area contributed by atoms with E-state index in [4.69, 9.17) is 62.1 Å². The Kier molecular flexibility index (Phi) is 20.3. The Hall–Kier alpha value is -6.13. The van der Waals surface area contributed by atoms with Gasteiger partial charge in [-0.15, -0.1) is 20.4 Å². The highest BCUT2D eigenvalue weighted by Crippen LogP contribution is 2.30. The Morgan fingerprint density at radius 2 is 1.03 bits per heavy atom. The standard InChI is InChI=1S/C27H36ClN5O6.C22H28ClN5O4/c1-26(2,3)39-25(35)30-27(4,5)24(34)29-20(17-37-16-18-10-8-7-9-11-18)22-32-31-21-13-12-19(28)23(33(21)22)38-15-14-36-6;1-22(2,24)21(29)25-17(14-31-13-15-7-5-4-6-8-15)19-27-26-18-10-9-16(23)20(28(18)19)32-12-11-30-3/h7-13,20H,14-17H2,1-6H3,(H,29,34)(H,30,35);4-10,17H,11-14,24H2,1-3H3,(H,25,29)/t20-;17-/m11/s1. The highest BCUT2D eigenvalue weighted by molar-refractivity contribution is 6.32. The first-order chi connectivity index (χ1) is 33.7. The second kappa shape index (κ2) is 25.8. The molecule has 71 heavy (non-hydrogen) atoms. The van der Waals surface area contributed by atoms with E-state index in [1.54, 1.807) is 95.8 Å². The molecule has 6 aromatic rings. The molecule has 22 heteroatoms. The minimum absolute atomic E-state index is 0.0496. The Morgan fingerprint density at radius 3 is 1.42 bits per heavy atom. The van der Waals surface area contributed by atoms with Crippen molar-refractivity contribution in [1.29, 1.82) is 0 Å². The third-order valence-electron chi connectivity index (χ3n) is 10.0. The number of hydrogen-bond donors (Lipinski definition) is 4. The molecule has 2 atom stereocenters. The summed E-state index contributed by atoms with van der Waals surface area (Å²) >= 11 is 12.9. The second-order valence-corrected chi connectivity index (χ2v) is 19.0. The fraction of sp³-hybridized carbons (Fsp3) is 0.449. The van der Waals surface area contributed by atoms with Gasteiger partial charge in [0.05, 0.1) is 45.2 Å². The van der Waals surface area contributed by atoms with Crippen molar-refractivity contribution >= 4 is 52.4 Å². The van der Waals surface area contributed by atoms with Crippen LogP contribution in [-0.4, -0.2) is 118 Å². The zero-order valence-electron chi connectivity index (χ0n) is 41.5. The number of pyridine rings is 2. The van der Waals surface area contributed by atoms with Crippen molar-refractivity contribution < 1.29 is 47.5 Å². The first kappa shape index (κ1) is 55.8. The van der Waals surface area contributed by atoms with Crippen LogP contribution in [0.3, 0.4) is 0 Å². The topological polar surface area (TPSA) is 238 Å². The molecule has 5 N–H and O–H groups in total. The zero-order chi connectivity index (χ0) is 51.8. The lowest BCUT2D eigenvalue weighted by Crippen LogP contribution is -2.56. The zero-order valence-corrected chi connectivity index (χ0v) is 43.0. The van der Waals surface area contributed by atoms with Gasteiger partial charge in [0.1, 0.15) is 46.5 Å². The average molecular weight is 1020 g/mol. The van der Waals surface area contributed by atoms with Crippen molar-refractivity contribution in [2.75, 3.05) is 53.9 Å². The van der Waals surface area contributed by atoms with E-state index >= 15 is 0 Å². The summed E-state index contributed by atoms with van der Waals surface area (Å²) in [6.45, 7) is 13.7. The Labute approximate surface area is 423 Å². The summed E-state index contributed by atoms with van der Waals surface area (Å²) in [5.41, 5.74) is 5.82. The molecule has 0 aliphatic carbocycles. The number of carbonyl (C=O) groups excluding carboxylic acids is 3. The first-order valence-corrected chi connectivity index (χ1v) is 23.4. The molecule has 3 amide bonds. The van der Waals surface area contributed by atoms with Gasteiger partial charge in [0, 0.05) is 14.2 Å². The van der Waals surface area contributed by atoms with Gasteiger partial charge in [-0.3, -0.25) is 9.59 Å². The lowest BCUT2D eigenvalue weighted by atomic mass is 10.0. The average Bonchev–Trinajstić information content (AvgIpc) is 3.95. The molecule has 20 nitrogen and oxygen atoms in total. The molecule has 4 aromatic heterocycles. The van der Waals surface area contributed by atoms with E-state index < -0.39 is 40.8 Å². The molecule has 0 aliphatic heterocycles. The van der Waals surface area contributed by atoms with E-state index in [0.717, 1.165) is 11.1 Å². The van der Waals surface area contributed by atoms with Gasteiger partial charge in [-0.2, -0.15) is 0 Å². The number of nitrogens with one attached hydrogen (secondary N) is 3. The van der Waals surface area contributed by atoms with Gasteiger partial charge in [0.2, 0.25) is 23.6 Å². The molecule has 0 bridgehead atoms. The lowest BCUT2D eigenvalue weighted by Gasteiger charge is -2.29. The van der Waals surface area contributed by atoms with Crippen LogP contribution in [0.5, 0.6) is 11.8 Å². The maximum absolute atomic E-state index is 13.4. The van der Waals surface area contributed by atoms with Crippen molar-refractivity contribution in [2.45, 2.75) is 90.4 Å². The van der Waals surface area contributed by atoms with Gasteiger partial charge in [-0.25, -0.2) is 13.6 Å². The molecule has 0 fully saturated rings. The fourth-order valence-corrected chi connectivity index (χ4v) is 6.87. The van der Waals surface area contributed by atoms with Gasteiger partial charge in [0.25, 0.3) is 0 Å². The molecule has 0 aliphatic rings. The summed E-state index contributed by atoms with van der Waals surface area (Å²) in [7, 11) is 3.15. The quantitative estimate of drug-likeness (QED) is 0.0495. The number of rotatable bonds is 23. The normalized spacial score (nSPS) is 12.7.